The van der Waals surface area contributed by atoms with Gasteiger partial charge in [-0.3, -0.25) is 4.79 Å². The monoisotopic (exact) mass is 251 g/mol. The van der Waals surface area contributed by atoms with Crippen LogP contribution in [0, 0.1) is 5.92 Å². The molecule has 0 saturated heterocycles. The van der Waals surface area contributed by atoms with Crippen molar-refractivity contribution in [1.29, 1.82) is 0 Å². The van der Waals surface area contributed by atoms with Gasteiger partial charge in [0, 0.05) is 5.56 Å². The van der Waals surface area contributed by atoms with Crippen LogP contribution in [0.5, 0.6) is 0 Å². The molecule has 1 atom stereocenters. The molecule has 3 rings (SSSR count). The van der Waals surface area contributed by atoms with Gasteiger partial charge in [0.1, 0.15) is 0 Å². The van der Waals surface area contributed by atoms with Crippen LogP contribution in [0.25, 0.3) is 0 Å². The van der Waals surface area contributed by atoms with Crippen molar-refractivity contribution >= 4 is 5.91 Å². The van der Waals surface area contributed by atoms with Crippen LogP contribution in [0.1, 0.15) is 34.8 Å². The van der Waals surface area contributed by atoms with Gasteiger partial charge in [-0.1, -0.05) is 48.5 Å². The number of rotatable bonds is 4. The first-order chi connectivity index (χ1) is 9.34. The molecule has 1 aliphatic carbocycles. The molecule has 1 fully saturated rings. The summed E-state index contributed by atoms with van der Waals surface area (Å²) in [5.74, 6) is 0.608. The molecule has 1 aliphatic rings. The summed E-state index contributed by atoms with van der Waals surface area (Å²) < 4.78 is 0. The van der Waals surface area contributed by atoms with Gasteiger partial charge in [0.05, 0.1) is 6.04 Å². The SMILES string of the molecule is O=C(N[C@H](c1ccccc1)C1CC1)c1ccccc1. The highest BCUT2D eigenvalue weighted by Gasteiger charge is 2.33. The van der Waals surface area contributed by atoms with E-state index in [9.17, 15) is 4.79 Å². The molecule has 0 unspecified atom stereocenters. The minimum atomic E-state index is 0.0151. The lowest BCUT2D eigenvalue weighted by Gasteiger charge is -2.18. The number of carbonyl (C=O) groups is 1. The molecule has 2 aromatic carbocycles. The predicted octanol–water partition coefficient (Wildman–Crippen LogP) is 3.57. The second kappa shape index (κ2) is 5.27. The molecule has 1 saturated carbocycles. The van der Waals surface area contributed by atoms with Crippen LogP contribution in [-0.2, 0) is 0 Å². The highest BCUT2D eigenvalue weighted by Crippen LogP contribution is 2.41. The molecule has 19 heavy (non-hydrogen) atoms. The number of benzene rings is 2. The van der Waals surface area contributed by atoms with Gasteiger partial charge in [-0.05, 0) is 36.5 Å². The zero-order valence-electron chi connectivity index (χ0n) is 10.8. The fraction of sp³-hybridized carbons (Fsp3) is 0.235. The van der Waals surface area contributed by atoms with E-state index < -0.39 is 0 Å². The lowest BCUT2D eigenvalue weighted by molar-refractivity contribution is 0.0931. The largest absolute Gasteiger partial charge is 0.345 e. The zero-order valence-corrected chi connectivity index (χ0v) is 10.8. The average molecular weight is 251 g/mol. The molecule has 2 heteroatoms. The Morgan fingerprint density at radius 2 is 1.53 bits per heavy atom. The predicted molar refractivity (Wildman–Crippen MR) is 75.8 cm³/mol. The third-order valence-corrected chi connectivity index (χ3v) is 3.57. The maximum absolute atomic E-state index is 12.2. The molecule has 0 spiro atoms. The highest BCUT2D eigenvalue weighted by molar-refractivity contribution is 5.94. The van der Waals surface area contributed by atoms with Crippen molar-refractivity contribution in [3.05, 3.63) is 71.8 Å². The van der Waals surface area contributed by atoms with Crippen molar-refractivity contribution in [2.75, 3.05) is 0 Å². The van der Waals surface area contributed by atoms with E-state index in [1.807, 2.05) is 48.5 Å². The van der Waals surface area contributed by atoms with Crippen LogP contribution in [0.4, 0.5) is 0 Å². The maximum Gasteiger partial charge on any atom is 0.251 e. The van der Waals surface area contributed by atoms with Crippen molar-refractivity contribution < 1.29 is 4.79 Å². The van der Waals surface area contributed by atoms with Crippen molar-refractivity contribution in [3.8, 4) is 0 Å². The molecule has 1 amide bonds. The second-order valence-corrected chi connectivity index (χ2v) is 5.07. The lowest BCUT2D eigenvalue weighted by Crippen LogP contribution is -2.29. The number of carbonyl (C=O) groups excluding carboxylic acids is 1. The second-order valence-electron chi connectivity index (χ2n) is 5.07. The van der Waals surface area contributed by atoms with Crippen molar-refractivity contribution in [3.63, 3.8) is 0 Å². The average Bonchev–Trinajstić information content (AvgIpc) is 3.31. The Balaban J connectivity index is 1.78. The summed E-state index contributed by atoms with van der Waals surface area (Å²) in [6.07, 6.45) is 2.41. The maximum atomic E-state index is 12.2. The zero-order chi connectivity index (χ0) is 13.1. The minimum Gasteiger partial charge on any atom is -0.345 e. The first-order valence-electron chi connectivity index (χ1n) is 6.75. The Hall–Kier alpha value is -2.09. The summed E-state index contributed by atoms with van der Waals surface area (Å²) in [7, 11) is 0. The van der Waals surface area contributed by atoms with Crippen molar-refractivity contribution in [2.45, 2.75) is 18.9 Å². The van der Waals surface area contributed by atoms with Gasteiger partial charge < -0.3 is 5.32 Å². The van der Waals surface area contributed by atoms with E-state index >= 15 is 0 Å². The molecule has 0 radical (unpaired) electrons. The summed E-state index contributed by atoms with van der Waals surface area (Å²) in [6.45, 7) is 0. The molecule has 2 aromatic rings. The molecule has 96 valence electrons. The fourth-order valence-electron chi connectivity index (χ4n) is 2.38. The number of hydrogen-bond donors (Lipinski definition) is 1. The van der Waals surface area contributed by atoms with Gasteiger partial charge in [-0.2, -0.15) is 0 Å². The summed E-state index contributed by atoms with van der Waals surface area (Å²) >= 11 is 0. The summed E-state index contributed by atoms with van der Waals surface area (Å²) in [6, 6.07) is 19.8. The molecule has 0 heterocycles. The molecule has 0 aliphatic heterocycles. The number of hydrogen-bond acceptors (Lipinski definition) is 1. The Morgan fingerprint density at radius 1 is 0.947 bits per heavy atom. The van der Waals surface area contributed by atoms with Gasteiger partial charge in [-0.25, -0.2) is 0 Å². The van der Waals surface area contributed by atoms with E-state index in [4.69, 9.17) is 0 Å². The topological polar surface area (TPSA) is 29.1 Å². The third kappa shape index (κ3) is 2.84. The first-order valence-corrected chi connectivity index (χ1v) is 6.75. The van der Waals surface area contributed by atoms with E-state index in [2.05, 4.69) is 17.4 Å². The standard InChI is InChI=1S/C17H17NO/c19-17(15-9-5-2-6-10-15)18-16(14-11-12-14)13-7-3-1-4-8-13/h1-10,14,16H,11-12H2,(H,18,19)/t16-/m1/s1. The van der Waals surface area contributed by atoms with Crippen LogP contribution in [0.2, 0.25) is 0 Å². The first kappa shape index (κ1) is 12.0. The molecule has 0 bridgehead atoms. The van der Waals surface area contributed by atoms with Crippen LogP contribution < -0.4 is 5.32 Å². The van der Waals surface area contributed by atoms with Gasteiger partial charge in [0.25, 0.3) is 5.91 Å². The van der Waals surface area contributed by atoms with E-state index in [1.165, 1.54) is 18.4 Å². The van der Waals surface area contributed by atoms with Gasteiger partial charge >= 0.3 is 0 Å². The molecular formula is C17H17NO. The Morgan fingerprint density at radius 3 is 2.11 bits per heavy atom. The summed E-state index contributed by atoms with van der Waals surface area (Å²) in [4.78, 5) is 12.2. The molecular weight excluding hydrogens is 234 g/mol. The van der Waals surface area contributed by atoms with Crippen molar-refractivity contribution in [1.82, 2.24) is 5.32 Å². The van der Waals surface area contributed by atoms with Gasteiger partial charge in [0.2, 0.25) is 0 Å². The van der Waals surface area contributed by atoms with Crippen LogP contribution in [-0.4, -0.2) is 5.91 Å². The van der Waals surface area contributed by atoms with Crippen LogP contribution in [0.3, 0.4) is 0 Å². The lowest BCUT2D eigenvalue weighted by atomic mass is 10.0. The fourth-order valence-corrected chi connectivity index (χ4v) is 2.38. The van der Waals surface area contributed by atoms with E-state index in [0.717, 1.165) is 5.56 Å². The van der Waals surface area contributed by atoms with Gasteiger partial charge in [-0.15, -0.1) is 0 Å². The summed E-state index contributed by atoms with van der Waals surface area (Å²) in [5, 5.41) is 3.17. The Labute approximate surface area is 113 Å². The van der Waals surface area contributed by atoms with E-state index in [0.29, 0.717) is 5.92 Å². The van der Waals surface area contributed by atoms with E-state index in [-0.39, 0.29) is 11.9 Å². The highest BCUT2D eigenvalue weighted by atomic mass is 16.1. The smallest absolute Gasteiger partial charge is 0.251 e. The Kier molecular flexibility index (Phi) is 3.32. The molecule has 1 N–H and O–H groups in total. The normalized spacial score (nSPS) is 15.8. The summed E-state index contributed by atoms with van der Waals surface area (Å²) in [5.41, 5.74) is 1.93. The van der Waals surface area contributed by atoms with Gasteiger partial charge in [0.15, 0.2) is 0 Å². The van der Waals surface area contributed by atoms with Crippen LogP contribution in [0.15, 0.2) is 60.7 Å². The van der Waals surface area contributed by atoms with E-state index in [1.54, 1.807) is 0 Å². The third-order valence-electron chi connectivity index (χ3n) is 3.57. The Bertz CT molecular complexity index is 546. The molecule has 2 nitrogen and oxygen atoms in total. The number of amides is 1. The quantitative estimate of drug-likeness (QED) is 0.884. The number of nitrogens with one attached hydrogen (secondary N) is 1. The van der Waals surface area contributed by atoms with Crippen molar-refractivity contribution in [2.24, 2.45) is 5.92 Å². The molecule has 0 aromatic heterocycles. The minimum absolute atomic E-state index is 0.0151. The van der Waals surface area contributed by atoms with Crippen LogP contribution >= 0.6 is 0 Å².